The Kier molecular flexibility index (Phi) is 4.42. The molecule has 0 aliphatic carbocycles. The minimum Gasteiger partial charge on any atom is -0.324 e. The van der Waals surface area contributed by atoms with E-state index in [1.807, 2.05) is 13.8 Å². The highest BCUT2D eigenvalue weighted by Crippen LogP contribution is 2.30. The van der Waals surface area contributed by atoms with E-state index in [2.05, 4.69) is 25.6 Å². The SMILES string of the molecule is Cc1ncc(Br)c(C)c1NSc1ccc(F)cc1F. The molecular weight excluding hydrogens is 334 g/mol. The zero-order valence-corrected chi connectivity index (χ0v) is 12.7. The topological polar surface area (TPSA) is 24.9 Å². The minimum absolute atomic E-state index is 0.333. The molecule has 0 bridgehead atoms. The first-order chi connectivity index (χ1) is 8.99. The number of pyridine rings is 1. The van der Waals surface area contributed by atoms with Crippen LogP contribution in [0.4, 0.5) is 14.5 Å². The van der Waals surface area contributed by atoms with E-state index in [0.29, 0.717) is 4.90 Å². The van der Waals surface area contributed by atoms with Crippen LogP contribution in [0, 0.1) is 25.5 Å². The first-order valence-electron chi connectivity index (χ1n) is 5.48. The zero-order chi connectivity index (χ0) is 14.0. The maximum Gasteiger partial charge on any atom is 0.141 e. The monoisotopic (exact) mass is 344 g/mol. The van der Waals surface area contributed by atoms with E-state index in [-0.39, 0.29) is 0 Å². The number of benzene rings is 1. The Morgan fingerprint density at radius 3 is 2.68 bits per heavy atom. The highest BCUT2D eigenvalue weighted by atomic mass is 79.9. The van der Waals surface area contributed by atoms with Crippen molar-refractivity contribution in [1.82, 2.24) is 4.98 Å². The lowest BCUT2D eigenvalue weighted by Gasteiger charge is -2.12. The highest BCUT2D eigenvalue weighted by molar-refractivity contribution is 9.10. The van der Waals surface area contributed by atoms with Crippen molar-refractivity contribution in [2.45, 2.75) is 18.7 Å². The number of hydrogen-bond acceptors (Lipinski definition) is 3. The standard InChI is InChI=1S/C13H11BrF2N2S/c1-7-10(14)6-17-8(2)13(7)18-19-12-4-3-9(15)5-11(12)16/h3-6,18H,1-2H3. The van der Waals surface area contributed by atoms with E-state index in [9.17, 15) is 8.78 Å². The van der Waals surface area contributed by atoms with Gasteiger partial charge in [-0.15, -0.1) is 0 Å². The molecule has 0 unspecified atom stereocenters. The summed E-state index contributed by atoms with van der Waals surface area (Å²) in [5.41, 5.74) is 2.63. The van der Waals surface area contributed by atoms with Crippen molar-refractivity contribution in [2.24, 2.45) is 0 Å². The summed E-state index contributed by atoms with van der Waals surface area (Å²) in [6.45, 7) is 3.80. The maximum absolute atomic E-state index is 13.5. The number of hydrogen-bond donors (Lipinski definition) is 1. The van der Waals surface area contributed by atoms with Gasteiger partial charge in [-0.3, -0.25) is 4.98 Å². The Labute approximate surface area is 122 Å². The molecule has 6 heteroatoms. The number of rotatable bonds is 3. The lowest BCUT2D eigenvalue weighted by molar-refractivity contribution is 0.566. The van der Waals surface area contributed by atoms with Crippen LogP contribution < -0.4 is 4.72 Å². The average molecular weight is 345 g/mol. The first kappa shape index (κ1) is 14.3. The van der Waals surface area contributed by atoms with Crippen molar-refractivity contribution in [1.29, 1.82) is 0 Å². The number of halogens is 3. The smallest absolute Gasteiger partial charge is 0.141 e. The van der Waals surface area contributed by atoms with Crippen LogP contribution in [0.2, 0.25) is 0 Å². The van der Waals surface area contributed by atoms with Crippen LogP contribution in [0.15, 0.2) is 33.8 Å². The van der Waals surface area contributed by atoms with E-state index >= 15 is 0 Å². The fraction of sp³-hybridized carbons (Fsp3) is 0.154. The molecule has 2 aromatic rings. The molecule has 1 aromatic heterocycles. The fourth-order valence-electron chi connectivity index (χ4n) is 1.52. The maximum atomic E-state index is 13.5. The van der Waals surface area contributed by atoms with Crippen molar-refractivity contribution < 1.29 is 8.78 Å². The van der Waals surface area contributed by atoms with Gasteiger partial charge in [0, 0.05) is 16.7 Å². The van der Waals surface area contributed by atoms with Crippen molar-refractivity contribution in [3.8, 4) is 0 Å². The van der Waals surface area contributed by atoms with Gasteiger partial charge in [0.1, 0.15) is 11.6 Å². The molecule has 0 atom stereocenters. The molecular formula is C13H11BrF2N2S. The molecule has 0 radical (unpaired) electrons. The van der Waals surface area contributed by atoms with Gasteiger partial charge in [0.05, 0.1) is 16.3 Å². The Morgan fingerprint density at radius 2 is 2.00 bits per heavy atom. The van der Waals surface area contributed by atoms with E-state index in [1.165, 1.54) is 12.1 Å². The quantitative estimate of drug-likeness (QED) is 0.805. The molecule has 0 aliphatic rings. The molecule has 2 rings (SSSR count). The van der Waals surface area contributed by atoms with Crippen LogP contribution >= 0.6 is 27.9 Å². The molecule has 100 valence electrons. The lowest BCUT2D eigenvalue weighted by Crippen LogP contribution is -1.98. The van der Waals surface area contributed by atoms with Crippen LogP contribution in [0.5, 0.6) is 0 Å². The van der Waals surface area contributed by atoms with Gasteiger partial charge in [0.2, 0.25) is 0 Å². The Balaban J connectivity index is 2.21. The Hall–Kier alpha value is -1.14. The van der Waals surface area contributed by atoms with Gasteiger partial charge >= 0.3 is 0 Å². The van der Waals surface area contributed by atoms with E-state index in [0.717, 1.165) is 39.4 Å². The number of nitrogens with one attached hydrogen (secondary N) is 1. The predicted molar refractivity (Wildman–Crippen MR) is 77.2 cm³/mol. The third-order valence-corrected chi connectivity index (χ3v) is 4.28. The van der Waals surface area contributed by atoms with Crippen LogP contribution in [0.25, 0.3) is 0 Å². The summed E-state index contributed by atoms with van der Waals surface area (Å²) in [4.78, 5) is 4.55. The third kappa shape index (κ3) is 3.25. The average Bonchev–Trinajstić information content (AvgIpc) is 2.36. The molecule has 0 fully saturated rings. The van der Waals surface area contributed by atoms with Gasteiger partial charge in [-0.2, -0.15) is 0 Å². The summed E-state index contributed by atoms with van der Waals surface area (Å²) in [5, 5.41) is 0. The molecule has 1 N–H and O–H groups in total. The Bertz CT molecular complexity index is 620. The molecule has 0 aliphatic heterocycles. The predicted octanol–water partition coefficient (Wildman–Crippen LogP) is 4.86. The van der Waals surface area contributed by atoms with Gasteiger partial charge in [0.25, 0.3) is 0 Å². The second-order valence-corrected chi connectivity index (χ2v) is 5.67. The van der Waals surface area contributed by atoms with Crippen molar-refractivity contribution in [2.75, 3.05) is 4.72 Å². The largest absolute Gasteiger partial charge is 0.324 e. The van der Waals surface area contributed by atoms with E-state index < -0.39 is 11.6 Å². The molecule has 2 nitrogen and oxygen atoms in total. The van der Waals surface area contributed by atoms with Crippen LogP contribution in [0.1, 0.15) is 11.3 Å². The van der Waals surface area contributed by atoms with E-state index in [4.69, 9.17) is 0 Å². The molecule has 0 spiro atoms. The zero-order valence-electron chi connectivity index (χ0n) is 10.3. The van der Waals surface area contributed by atoms with Crippen molar-refractivity contribution in [3.05, 3.63) is 51.8 Å². The van der Waals surface area contributed by atoms with Crippen molar-refractivity contribution >= 4 is 33.6 Å². The van der Waals surface area contributed by atoms with E-state index in [1.54, 1.807) is 6.20 Å². The summed E-state index contributed by atoms with van der Waals surface area (Å²) in [6, 6.07) is 3.49. The lowest BCUT2D eigenvalue weighted by atomic mass is 10.2. The molecule has 19 heavy (non-hydrogen) atoms. The summed E-state index contributed by atoms with van der Waals surface area (Å²) in [6.07, 6.45) is 1.72. The summed E-state index contributed by atoms with van der Waals surface area (Å²) >= 11 is 4.49. The highest BCUT2D eigenvalue weighted by Gasteiger charge is 2.09. The number of aryl methyl sites for hydroxylation is 1. The van der Waals surface area contributed by atoms with Crippen LogP contribution in [-0.4, -0.2) is 4.98 Å². The molecule has 1 heterocycles. The van der Waals surface area contributed by atoms with Crippen LogP contribution in [-0.2, 0) is 0 Å². The molecule has 0 saturated heterocycles. The Morgan fingerprint density at radius 1 is 1.26 bits per heavy atom. The second kappa shape index (κ2) is 5.88. The minimum atomic E-state index is -0.587. The third-order valence-electron chi connectivity index (χ3n) is 2.62. The van der Waals surface area contributed by atoms with Gasteiger partial charge in [0.15, 0.2) is 0 Å². The summed E-state index contributed by atoms with van der Waals surface area (Å²) in [5.74, 6) is -1.17. The number of nitrogens with zero attached hydrogens (tertiary/aromatic N) is 1. The number of aromatic nitrogens is 1. The normalized spacial score (nSPS) is 10.6. The summed E-state index contributed by atoms with van der Waals surface area (Å²) in [7, 11) is 0. The summed E-state index contributed by atoms with van der Waals surface area (Å²) < 4.78 is 30.2. The van der Waals surface area contributed by atoms with Crippen LogP contribution in [0.3, 0.4) is 0 Å². The fourth-order valence-corrected chi connectivity index (χ4v) is 2.63. The molecule has 0 saturated carbocycles. The molecule has 0 amide bonds. The van der Waals surface area contributed by atoms with Gasteiger partial charge in [-0.1, -0.05) is 0 Å². The number of anilines is 1. The second-order valence-electron chi connectivity index (χ2n) is 3.97. The molecule has 1 aromatic carbocycles. The van der Waals surface area contributed by atoms with Gasteiger partial charge < -0.3 is 4.72 Å². The van der Waals surface area contributed by atoms with Gasteiger partial charge in [-0.25, -0.2) is 8.78 Å². The first-order valence-corrected chi connectivity index (χ1v) is 7.09. The van der Waals surface area contributed by atoms with Gasteiger partial charge in [-0.05, 0) is 59.4 Å². The van der Waals surface area contributed by atoms with Crippen molar-refractivity contribution in [3.63, 3.8) is 0 Å².